The lowest BCUT2D eigenvalue weighted by Gasteiger charge is -2.49. The van der Waals surface area contributed by atoms with Crippen molar-refractivity contribution in [3.63, 3.8) is 0 Å². The summed E-state index contributed by atoms with van der Waals surface area (Å²) in [6.45, 7) is 5.06. The van der Waals surface area contributed by atoms with Crippen molar-refractivity contribution in [2.75, 3.05) is 11.5 Å². The number of primary amides is 1. The first-order valence-corrected chi connectivity index (χ1v) is 13.9. The molecule has 0 saturated carbocycles. The van der Waals surface area contributed by atoms with Crippen LogP contribution in [-0.4, -0.2) is 78.5 Å². The first kappa shape index (κ1) is 28.9. The van der Waals surface area contributed by atoms with Gasteiger partial charge < -0.3 is 30.6 Å². The zero-order valence-corrected chi connectivity index (χ0v) is 23.2. The Morgan fingerprint density at radius 1 is 1.25 bits per heavy atom. The number of amides is 4. The maximum atomic E-state index is 13.3. The van der Waals surface area contributed by atoms with Gasteiger partial charge in [0.1, 0.15) is 28.8 Å². The number of nitrogens with zero attached hydrogens (tertiary/aromatic N) is 3. The summed E-state index contributed by atoms with van der Waals surface area (Å²) in [6.07, 6.45) is -0.812. The van der Waals surface area contributed by atoms with E-state index >= 15 is 0 Å². The van der Waals surface area contributed by atoms with Crippen molar-refractivity contribution in [2.45, 2.75) is 49.1 Å². The highest BCUT2D eigenvalue weighted by molar-refractivity contribution is 8.01. The molecule has 4 rings (SSSR count). The standard InChI is InChI=1S/C24H26N6O8S2/c1-24(2,3)38-22(36)27-13(11-7-5-4-6-8-11)17(32)26-14-19(33)30-15(21(34)35)12(9-39-20(14)30)10-40-23-29-28-18(37-23)16(25)31/h4-8,13-14,20H,9-10H2,1-3H3,(H2,25,31)(H,26,32)(H,27,36)(H,34,35)/t13?,14-,20-/m0/s1. The summed E-state index contributed by atoms with van der Waals surface area (Å²) >= 11 is 2.27. The molecular weight excluding hydrogens is 564 g/mol. The highest BCUT2D eigenvalue weighted by atomic mass is 32.2. The van der Waals surface area contributed by atoms with E-state index in [0.717, 1.165) is 16.7 Å². The number of carboxylic acids is 1. The Bertz CT molecular complexity index is 1370. The molecule has 1 saturated heterocycles. The minimum atomic E-state index is -1.31. The molecule has 5 N–H and O–H groups in total. The predicted molar refractivity (Wildman–Crippen MR) is 142 cm³/mol. The van der Waals surface area contributed by atoms with E-state index in [-0.39, 0.29) is 28.3 Å². The smallest absolute Gasteiger partial charge is 0.408 e. The van der Waals surface area contributed by atoms with Crippen molar-refractivity contribution in [2.24, 2.45) is 5.73 Å². The van der Waals surface area contributed by atoms with Crippen LogP contribution in [0, 0.1) is 0 Å². The highest BCUT2D eigenvalue weighted by Crippen LogP contribution is 2.41. The van der Waals surface area contributed by atoms with Gasteiger partial charge in [0, 0.05) is 11.5 Å². The molecular formula is C24H26N6O8S2. The molecule has 2 aliphatic heterocycles. The quantitative estimate of drug-likeness (QED) is 0.240. The van der Waals surface area contributed by atoms with Gasteiger partial charge >= 0.3 is 23.9 Å². The Hall–Kier alpha value is -4.05. The van der Waals surface area contributed by atoms with Gasteiger partial charge in [0.15, 0.2) is 0 Å². The predicted octanol–water partition coefficient (Wildman–Crippen LogP) is 1.27. The van der Waals surface area contributed by atoms with Crippen LogP contribution in [0.4, 0.5) is 4.79 Å². The van der Waals surface area contributed by atoms with E-state index in [1.165, 1.54) is 11.8 Å². The van der Waals surface area contributed by atoms with Crippen LogP contribution in [0.2, 0.25) is 0 Å². The van der Waals surface area contributed by atoms with Gasteiger partial charge in [-0.1, -0.05) is 42.1 Å². The number of thioether (sulfide) groups is 2. The second kappa shape index (κ2) is 11.6. The van der Waals surface area contributed by atoms with Crippen LogP contribution in [-0.2, 0) is 19.1 Å². The molecule has 3 heterocycles. The molecule has 0 aliphatic carbocycles. The number of β-lactam (4-membered cyclic amide) rings is 1. The monoisotopic (exact) mass is 590 g/mol. The summed E-state index contributed by atoms with van der Waals surface area (Å²) < 4.78 is 10.4. The summed E-state index contributed by atoms with van der Waals surface area (Å²) in [7, 11) is 0. The topological polar surface area (TPSA) is 207 Å². The molecule has 0 radical (unpaired) electrons. The average molecular weight is 591 g/mol. The summed E-state index contributed by atoms with van der Waals surface area (Å²) in [4.78, 5) is 63.3. The third-order valence-corrected chi connectivity index (χ3v) is 7.84. The normalized spacial score (nSPS) is 19.3. The number of fused-ring (bicyclic) bond motifs is 1. The summed E-state index contributed by atoms with van der Waals surface area (Å²) in [6, 6.07) is 6.28. The lowest BCUT2D eigenvalue weighted by atomic mass is 10.0. The van der Waals surface area contributed by atoms with E-state index in [0.29, 0.717) is 11.1 Å². The number of carboxylic acid groups (broad SMARTS) is 1. The summed E-state index contributed by atoms with van der Waals surface area (Å²) in [5.74, 6) is -3.50. The zero-order chi connectivity index (χ0) is 29.2. The lowest BCUT2D eigenvalue weighted by molar-refractivity contribution is -0.151. The van der Waals surface area contributed by atoms with Gasteiger partial charge in [-0.05, 0) is 31.9 Å². The zero-order valence-electron chi connectivity index (χ0n) is 21.6. The van der Waals surface area contributed by atoms with Crippen molar-refractivity contribution < 1.29 is 38.2 Å². The van der Waals surface area contributed by atoms with Gasteiger partial charge in [-0.2, -0.15) is 0 Å². The molecule has 40 heavy (non-hydrogen) atoms. The average Bonchev–Trinajstić information content (AvgIpc) is 3.37. The number of benzene rings is 1. The van der Waals surface area contributed by atoms with Crippen molar-refractivity contribution in [3.8, 4) is 0 Å². The molecule has 2 aromatic rings. The van der Waals surface area contributed by atoms with Crippen LogP contribution >= 0.6 is 23.5 Å². The molecule has 14 nitrogen and oxygen atoms in total. The van der Waals surface area contributed by atoms with Crippen LogP contribution < -0.4 is 16.4 Å². The number of carbonyl (C=O) groups excluding carboxylic acids is 4. The molecule has 212 valence electrons. The lowest BCUT2D eigenvalue weighted by Crippen LogP contribution is -2.71. The number of rotatable bonds is 9. The number of hydrogen-bond donors (Lipinski definition) is 4. The van der Waals surface area contributed by atoms with Crippen molar-refractivity contribution in [3.05, 3.63) is 53.1 Å². The van der Waals surface area contributed by atoms with Gasteiger partial charge in [0.05, 0.1) is 0 Å². The highest BCUT2D eigenvalue weighted by Gasteiger charge is 2.54. The summed E-state index contributed by atoms with van der Waals surface area (Å²) in [5.41, 5.74) is 4.99. The number of nitrogens with one attached hydrogen (secondary N) is 2. The molecule has 1 unspecified atom stereocenters. The molecule has 4 amide bonds. The van der Waals surface area contributed by atoms with Gasteiger partial charge in [-0.15, -0.1) is 22.0 Å². The van der Waals surface area contributed by atoms with Crippen molar-refractivity contribution in [1.29, 1.82) is 0 Å². The van der Waals surface area contributed by atoms with E-state index in [4.69, 9.17) is 14.9 Å². The Balaban J connectivity index is 1.47. The fourth-order valence-corrected chi connectivity index (χ4v) is 6.17. The van der Waals surface area contributed by atoms with Crippen LogP contribution in [0.3, 0.4) is 0 Å². The Morgan fingerprint density at radius 3 is 2.55 bits per heavy atom. The minimum absolute atomic E-state index is 0.0164. The van der Waals surface area contributed by atoms with E-state index in [9.17, 15) is 29.1 Å². The second-order valence-electron chi connectivity index (χ2n) is 9.67. The molecule has 0 spiro atoms. The van der Waals surface area contributed by atoms with E-state index in [2.05, 4.69) is 20.8 Å². The first-order chi connectivity index (χ1) is 18.9. The SMILES string of the molecule is CC(C)(C)OC(=O)NC(C(=O)N[C@H]1C(=O)N2C(C(=O)O)=C(CSc3nnc(C(N)=O)o3)CS[C@@H]12)c1ccccc1. The number of alkyl carbamates (subject to hydrolysis) is 1. The van der Waals surface area contributed by atoms with Crippen molar-refractivity contribution >= 4 is 53.3 Å². The molecule has 0 bridgehead atoms. The first-order valence-electron chi connectivity index (χ1n) is 11.9. The van der Waals surface area contributed by atoms with Gasteiger partial charge in [0.25, 0.3) is 11.1 Å². The second-order valence-corrected chi connectivity index (χ2v) is 11.7. The molecule has 16 heteroatoms. The number of hydrogen-bond acceptors (Lipinski definition) is 11. The van der Waals surface area contributed by atoms with Gasteiger partial charge in [-0.25, -0.2) is 9.59 Å². The van der Waals surface area contributed by atoms with Crippen LogP contribution in [0.15, 0.2) is 51.2 Å². The molecule has 2 aliphatic rings. The van der Waals surface area contributed by atoms with Crippen LogP contribution in [0.5, 0.6) is 0 Å². The third-order valence-electron chi connectivity index (χ3n) is 5.59. The largest absolute Gasteiger partial charge is 0.477 e. The van der Waals surface area contributed by atoms with Gasteiger partial charge in [0.2, 0.25) is 5.91 Å². The third kappa shape index (κ3) is 6.39. The fourth-order valence-electron chi connectivity index (χ4n) is 3.92. The minimum Gasteiger partial charge on any atom is -0.477 e. The fraction of sp³-hybridized carbons (Fsp3) is 0.375. The Kier molecular flexibility index (Phi) is 8.39. The summed E-state index contributed by atoms with van der Waals surface area (Å²) in [5, 5.41) is 21.6. The number of aliphatic carboxylic acids is 1. The number of ether oxygens (including phenoxy) is 1. The molecule has 3 atom stereocenters. The molecule has 1 aromatic heterocycles. The maximum absolute atomic E-state index is 13.3. The van der Waals surface area contributed by atoms with E-state index in [1.807, 2.05) is 0 Å². The number of carbonyl (C=O) groups is 5. The Labute approximate surface area is 236 Å². The maximum Gasteiger partial charge on any atom is 0.408 e. The Morgan fingerprint density at radius 2 is 1.95 bits per heavy atom. The molecule has 1 fully saturated rings. The van der Waals surface area contributed by atoms with E-state index in [1.54, 1.807) is 51.1 Å². The van der Waals surface area contributed by atoms with Gasteiger partial charge in [-0.3, -0.25) is 19.3 Å². The van der Waals surface area contributed by atoms with E-state index < -0.39 is 52.8 Å². The van der Waals surface area contributed by atoms with Crippen LogP contribution in [0.1, 0.15) is 43.1 Å². The molecule has 1 aromatic carbocycles. The van der Waals surface area contributed by atoms with Crippen LogP contribution in [0.25, 0.3) is 0 Å². The number of nitrogens with two attached hydrogens (primary N) is 1. The van der Waals surface area contributed by atoms with Crippen molar-refractivity contribution in [1.82, 2.24) is 25.7 Å². The number of aromatic nitrogens is 2.